The van der Waals surface area contributed by atoms with E-state index in [2.05, 4.69) is 6.58 Å². The predicted octanol–water partition coefficient (Wildman–Crippen LogP) is 1.94. The van der Waals surface area contributed by atoms with Crippen LogP contribution in [-0.4, -0.2) is 0 Å². The lowest BCUT2D eigenvalue weighted by molar-refractivity contribution is 1.38. The topological polar surface area (TPSA) is 0 Å². The van der Waals surface area contributed by atoms with E-state index in [0.29, 0.717) is 0 Å². The van der Waals surface area contributed by atoms with Crippen molar-refractivity contribution >= 4 is 0 Å². The molecule has 0 aliphatic rings. The first-order valence-corrected chi connectivity index (χ1v) is 1.89. The molecule has 0 amide bonds. The molecule has 0 saturated heterocycles. The summed E-state index contributed by atoms with van der Waals surface area (Å²) in [4.78, 5) is 0. The van der Waals surface area contributed by atoms with Gasteiger partial charge in [-0.3, -0.25) is 0 Å². The van der Waals surface area contributed by atoms with Gasteiger partial charge < -0.3 is 0 Å². The summed E-state index contributed by atoms with van der Waals surface area (Å²) in [5.74, 6) is 0. The SMILES string of the molecule is [CH+]=C(C)C(=C)C. The first-order chi connectivity index (χ1) is 2.64. The van der Waals surface area contributed by atoms with Crippen molar-refractivity contribution in [1.29, 1.82) is 0 Å². The van der Waals surface area contributed by atoms with Crippen LogP contribution in [0.1, 0.15) is 13.8 Å². The summed E-state index contributed by atoms with van der Waals surface area (Å²) >= 11 is 0. The molecule has 0 aromatic heterocycles. The van der Waals surface area contributed by atoms with Crippen LogP contribution in [0.3, 0.4) is 0 Å². The van der Waals surface area contributed by atoms with Crippen molar-refractivity contribution in [1.82, 2.24) is 0 Å². The van der Waals surface area contributed by atoms with Gasteiger partial charge in [-0.05, 0) is 6.58 Å². The summed E-state index contributed by atoms with van der Waals surface area (Å²) in [6.45, 7) is 12.6. The quantitative estimate of drug-likeness (QED) is 0.334. The lowest BCUT2D eigenvalue weighted by Gasteiger charge is -1.73. The fraction of sp³-hybridized carbons (Fsp3) is 0.333. The zero-order chi connectivity index (χ0) is 5.15. The largest absolute Gasteiger partial charge is 0.163 e. The van der Waals surface area contributed by atoms with Crippen LogP contribution < -0.4 is 0 Å². The second kappa shape index (κ2) is 1.74. The highest BCUT2D eigenvalue weighted by atomic mass is 13.8. The zero-order valence-electron chi connectivity index (χ0n) is 4.28. The molecular weight excluding hydrogens is 72.1 g/mol. The van der Waals surface area contributed by atoms with Gasteiger partial charge in [-0.2, -0.15) is 0 Å². The van der Waals surface area contributed by atoms with E-state index >= 15 is 0 Å². The normalized spacial score (nSPS) is 7.50. The zero-order valence-corrected chi connectivity index (χ0v) is 4.28. The van der Waals surface area contributed by atoms with E-state index in [1.807, 2.05) is 13.8 Å². The van der Waals surface area contributed by atoms with E-state index in [9.17, 15) is 0 Å². The summed E-state index contributed by atoms with van der Waals surface area (Å²) < 4.78 is 0. The van der Waals surface area contributed by atoms with Gasteiger partial charge in [0.25, 0.3) is 0 Å². The van der Waals surface area contributed by atoms with Crippen molar-refractivity contribution in [2.45, 2.75) is 13.8 Å². The van der Waals surface area contributed by atoms with Gasteiger partial charge in [-0.1, -0.05) is 0 Å². The summed E-state index contributed by atoms with van der Waals surface area (Å²) in [5, 5.41) is 0. The molecular formula is C6H9+. The van der Waals surface area contributed by atoms with Crippen molar-refractivity contribution in [3.8, 4) is 0 Å². The molecule has 6 heavy (non-hydrogen) atoms. The van der Waals surface area contributed by atoms with E-state index in [1.165, 1.54) is 0 Å². The maximum Gasteiger partial charge on any atom is 0.163 e. The third kappa shape index (κ3) is 1.68. The summed E-state index contributed by atoms with van der Waals surface area (Å²) in [7, 11) is 0. The van der Waals surface area contributed by atoms with E-state index < -0.39 is 0 Å². The van der Waals surface area contributed by atoms with Gasteiger partial charge in [-0.15, -0.1) is 0 Å². The van der Waals surface area contributed by atoms with Crippen LogP contribution in [0.15, 0.2) is 17.7 Å². The lowest BCUT2D eigenvalue weighted by Crippen LogP contribution is -1.67. The average Bonchev–Trinajstić information content (AvgIpc) is 1.36. The van der Waals surface area contributed by atoms with Crippen molar-refractivity contribution in [2.24, 2.45) is 0 Å². The smallest absolute Gasteiger partial charge is 0.0117 e. The first kappa shape index (κ1) is 5.39. The summed E-state index contributed by atoms with van der Waals surface area (Å²) in [6.07, 6.45) is 0. The van der Waals surface area contributed by atoms with E-state index in [4.69, 9.17) is 6.58 Å². The minimum absolute atomic E-state index is 0.815. The Kier molecular flexibility index (Phi) is 1.56. The molecule has 0 aliphatic carbocycles. The van der Waals surface area contributed by atoms with Gasteiger partial charge in [0.1, 0.15) is 0 Å². The van der Waals surface area contributed by atoms with Gasteiger partial charge in [0, 0.05) is 13.8 Å². The number of rotatable bonds is 1. The number of allylic oxidation sites excluding steroid dienone is 2. The number of hydrogen-bond donors (Lipinski definition) is 0. The molecule has 0 aliphatic heterocycles. The van der Waals surface area contributed by atoms with Crippen molar-refractivity contribution in [3.63, 3.8) is 0 Å². The standard InChI is InChI=1S/C6H9/c1-5(2)6(3)4/h1H,3H2,2,4H3/q+1. The molecule has 0 spiro atoms. The van der Waals surface area contributed by atoms with Gasteiger partial charge in [0.2, 0.25) is 0 Å². The summed E-state index contributed by atoms with van der Waals surface area (Å²) in [6, 6.07) is 0. The Bertz CT molecular complexity index is 66.0. The molecule has 0 saturated carbocycles. The van der Waals surface area contributed by atoms with Crippen molar-refractivity contribution in [3.05, 3.63) is 24.3 Å². The fourth-order valence-corrected chi connectivity index (χ4v) is 0. The molecule has 0 heteroatoms. The molecule has 32 valence electrons. The van der Waals surface area contributed by atoms with Crippen LogP contribution in [0.5, 0.6) is 0 Å². The Morgan fingerprint density at radius 1 is 1.50 bits per heavy atom. The van der Waals surface area contributed by atoms with Gasteiger partial charge >= 0.3 is 0 Å². The Labute approximate surface area is 39.2 Å². The molecule has 0 aromatic rings. The third-order valence-electron chi connectivity index (χ3n) is 0.673. The molecule has 0 bridgehead atoms. The maximum atomic E-state index is 5.25. The minimum atomic E-state index is 0.815. The van der Waals surface area contributed by atoms with Crippen LogP contribution in [0.25, 0.3) is 0 Å². The highest BCUT2D eigenvalue weighted by Crippen LogP contribution is 1.97. The van der Waals surface area contributed by atoms with E-state index in [0.717, 1.165) is 11.1 Å². The van der Waals surface area contributed by atoms with Crippen LogP contribution >= 0.6 is 0 Å². The maximum absolute atomic E-state index is 5.25. The highest BCUT2D eigenvalue weighted by molar-refractivity contribution is 5.17. The third-order valence-corrected chi connectivity index (χ3v) is 0.673. The van der Waals surface area contributed by atoms with Gasteiger partial charge in [0.05, 0.1) is 12.2 Å². The average molecular weight is 81.1 g/mol. The van der Waals surface area contributed by atoms with Crippen LogP contribution in [0, 0.1) is 6.58 Å². The Hall–Kier alpha value is -0.610. The Balaban J connectivity index is 3.57. The minimum Gasteiger partial charge on any atom is -0.0117 e. The van der Waals surface area contributed by atoms with Crippen LogP contribution in [0.2, 0.25) is 0 Å². The fourth-order valence-electron chi connectivity index (χ4n) is 0. The second-order valence-electron chi connectivity index (χ2n) is 1.46. The van der Waals surface area contributed by atoms with E-state index in [-0.39, 0.29) is 0 Å². The molecule has 0 heterocycles. The second-order valence-corrected chi connectivity index (χ2v) is 1.46. The lowest BCUT2D eigenvalue weighted by atomic mass is 10.2. The van der Waals surface area contributed by atoms with Gasteiger partial charge in [0.15, 0.2) is 5.57 Å². The molecule has 0 nitrogen and oxygen atoms in total. The van der Waals surface area contributed by atoms with Crippen molar-refractivity contribution < 1.29 is 0 Å². The van der Waals surface area contributed by atoms with Crippen LogP contribution in [-0.2, 0) is 0 Å². The molecule has 0 rings (SSSR count). The number of hydrogen-bond acceptors (Lipinski definition) is 0. The Morgan fingerprint density at radius 3 is 1.67 bits per heavy atom. The first-order valence-electron chi connectivity index (χ1n) is 1.89. The molecule has 0 radical (unpaired) electrons. The summed E-state index contributed by atoms with van der Waals surface area (Å²) in [5.41, 5.74) is 1.77. The van der Waals surface area contributed by atoms with E-state index in [1.54, 1.807) is 0 Å². The molecule has 0 aromatic carbocycles. The predicted molar refractivity (Wildman–Crippen MR) is 28.3 cm³/mol. The monoisotopic (exact) mass is 81.1 g/mol. The Morgan fingerprint density at radius 2 is 1.67 bits per heavy atom. The highest BCUT2D eigenvalue weighted by Gasteiger charge is 1.92. The van der Waals surface area contributed by atoms with Crippen LogP contribution in [0.4, 0.5) is 0 Å². The molecule has 0 atom stereocenters. The van der Waals surface area contributed by atoms with Gasteiger partial charge in [-0.25, -0.2) is 0 Å². The molecule has 0 unspecified atom stereocenters. The molecule has 0 fully saturated rings. The van der Waals surface area contributed by atoms with Crippen molar-refractivity contribution in [2.75, 3.05) is 0 Å². The molecule has 0 N–H and O–H groups in total.